The highest BCUT2D eigenvalue weighted by Gasteiger charge is 2.12. The van der Waals surface area contributed by atoms with Crippen LogP contribution in [0.5, 0.6) is 0 Å². The average molecular weight is 374 g/mol. The van der Waals surface area contributed by atoms with Gasteiger partial charge in [-0.2, -0.15) is 0 Å². The Kier molecular flexibility index (Phi) is 5.03. The van der Waals surface area contributed by atoms with E-state index >= 15 is 0 Å². The van der Waals surface area contributed by atoms with E-state index < -0.39 is 0 Å². The molecule has 0 aliphatic rings. The molecule has 0 amide bonds. The van der Waals surface area contributed by atoms with E-state index in [0.717, 1.165) is 34.3 Å². The van der Waals surface area contributed by atoms with Crippen molar-refractivity contribution in [2.24, 2.45) is 0 Å². The van der Waals surface area contributed by atoms with Gasteiger partial charge in [0.15, 0.2) is 0 Å². The Balaban J connectivity index is 1.74. The van der Waals surface area contributed by atoms with Crippen molar-refractivity contribution in [2.45, 2.75) is 19.9 Å². The predicted octanol–water partition coefficient (Wildman–Crippen LogP) is 6.12. The normalized spacial score (nSPS) is 10.9. The Morgan fingerprint density at radius 2 is 1.56 bits per heavy atom. The highest BCUT2D eigenvalue weighted by molar-refractivity contribution is 6.29. The van der Waals surface area contributed by atoms with E-state index in [1.807, 2.05) is 30.3 Å². The first-order valence-electron chi connectivity index (χ1n) is 9.08. The van der Waals surface area contributed by atoms with E-state index in [2.05, 4.69) is 64.7 Å². The second kappa shape index (κ2) is 7.77. The maximum atomic E-state index is 6.18. The Morgan fingerprint density at radius 3 is 2.30 bits per heavy atom. The molecular weight excluding hydrogens is 354 g/mol. The minimum Gasteiger partial charge on any atom is -0.365 e. The first-order valence-corrected chi connectivity index (χ1v) is 9.46. The molecule has 0 unspecified atom stereocenters. The summed E-state index contributed by atoms with van der Waals surface area (Å²) in [5.74, 6) is 0.754. The fraction of sp³-hybridized carbons (Fsp3) is 0.130. The second-order valence-corrected chi connectivity index (χ2v) is 6.77. The third-order valence-electron chi connectivity index (χ3n) is 4.67. The van der Waals surface area contributed by atoms with Crippen molar-refractivity contribution in [2.75, 3.05) is 5.32 Å². The largest absolute Gasteiger partial charge is 0.365 e. The molecule has 0 radical (unpaired) electrons. The summed E-state index contributed by atoms with van der Waals surface area (Å²) in [5, 5.41) is 4.69. The molecule has 0 saturated heterocycles. The monoisotopic (exact) mass is 373 g/mol. The van der Waals surface area contributed by atoms with Crippen molar-refractivity contribution in [1.29, 1.82) is 0 Å². The third-order valence-corrected chi connectivity index (χ3v) is 4.84. The summed E-state index contributed by atoms with van der Waals surface area (Å²) in [4.78, 5) is 8.89. The minimum absolute atomic E-state index is 0.247. The summed E-state index contributed by atoms with van der Waals surface area (Å²) in [6.07, 6.45) is 1.04. The van der Waals surface area contributed by atoms with Gasteiger partial charge >= 0.3 is 0 Å². The van der Waals surface area contributed by atoms with Crippen LogP contribution in [-0.2, 0) is 13.0 Å². The SMILES string of the molecule is CCc1ccc(CNc2nc(Cl)nc3cccc(-c4ccccc4)c23)cc1. The van der Waals surface area contributed by atoms with Gasteiger partial charge in [-0.15, -0.1) is 0 Å². The van der Waals surface area contributed by atoms with E-state index in [4.69, 9.17) is 11.6 Å². The maximum absolute atomic E-state index is 6.18. The molecule has 134 valence electrons. The number of hydrogen-bond donors (Lipinski definition) is 1. The molecule has 4 heteroatoms. The van der Waals surface area contributed by atoms with Gasteiger partial charge in [-0.1, -0.05) is 73.7 Å². The van der Waals surface area contributed by atoms with Crippen LogP contribution >= 0.6 is 11.6 Å². The van der Waals surface area contributed by atoms with Gasteiger partial charge in [0.25, 0.3) is 0 Å². The number of aryl methyl sites for hydroxylation is 1. The van der Waals surface area contributed by atoms with Crippen LogP contribution in [0.25, 0.3) is 22.0 Å². The van der Waals surface area contributed by atoms with Crippen molar-refractivity contribution in [3.63, 3.8) is 0 Å². The van der Waals surface area contributed by atoms with Crippen molar-refractivity contribution in [3.8, 4) is 11.1 Å². The fourth-order valence-corrected chi connectivity index (χ4v) is 3.40. The molecule has 0 fully saturated rings. The summed E-state index contributed by atoms with van der Waals surface area (Å²) in [7, 11) is 0. The molecule has 0 aliphatic carbocycles. The van der Waals surface area contributed by atoms with E-state index in [-0.39, 0.29) is 5.28 Å². The molecule has 0 atom stereocenters. The number of rotatable bonds is 5. The van der Waals surface area contributed by atoms with Crippen LogP contribution in [-0.4, -0.2) is 9.97 Å². The Hall–Kier alpha value is -2.91. The molecule has 4 aromatic rings. The van der Waals surface area contributed by atoms with Gasteiger partial charge in [0.1, 0.15) is 5.82 Å². The lowest BCUT2D eigenvalue weighted by atomic mass is 10.0. The van der Waals surface area contributed by atoms with E-state index in [1.54, 1.807) is 0 Å². The zero-order valence-corrected chi connectivity index (χ0v) is 15.9. The summed E-state index contributed by atoms with van der Waals surface area (Å²) < 4.78 is 0. The van der Waals surface area contributed by atoms with Gasteiger partial charge < -0.3 is 5.32 Å². The van der Waals surface area contributed by atoms with Crippen LogP contribution < -0.4 is 5.32 Å². The first-order chi connectivity index (χ1) is 13.2. The number of fused-ring (bicyclic) bond motifs is 1. The highest BCUT2D eigenvalue weighted by atomic mass is 35.5. The van der Waals surface area contributed by atoms with E-state index in [1.165, 1.54) is 11.1 Å². The Bertz CT molecular complexity index is 1060. The predicted molar refractivity (Wildman–Crippen MR) is 113 cm³/mol. The molecule has 1 aromatic heterocycles. The number of benzene rings is 3. The third kappa shape index (κ3) is 3.79. The molecular formula is C23H20ClN3. The lowest BCUT2D eigenvalue weighted by molar-refractivity contribution is 1.09. The van der Waals surface area contributed by atoms with E-state index in [9.17, 15) is 0 Å². The molecule has 0 saturated carbocycles. The summed E-state index contributed by atoms with van der Waals surface area (Å²) in [5.41, 5.74) is 5.59. The fourth-order valence-electron chi connectivity index (χ4n) is 3.22. The Morgan fingerprint density at radius 1 is 0.815 bits per heavy atom. The number of aromatic nitrogens is 2. The minimum atomic E-state index is 0.247. The Labute approximate surface area is 164 Å². The summed E-state index contributed by atoms with van der Waals surface area (Å²) in [6.45, 7) is 2.84. The summed E-state index contributed by atoms with van der Waals surface area (Å²) >= 11 is 6.18. The molecule has 4 rings (SSSR count). The number of nitrogens with zero attached hydrogens (tertiary/aromatic N) is 2. The van der Waals surface area contributed by atoms with Crippen LogP contribution in [0, 0.1) is 0 Å². The zero-order valence-electron chi connectivity index (χ0n) is 15.1. The number of halogens is 1. The topological polar surface area (TPSA) is 37.8 Å². The van der Waals surface area contributed by atoms with Crippen molar-refractivity contribution < 1.29 is 0 Å². The maximum Gasteiger partial charge on any atom is 0.224 e. The van der Waals surface area contributed by atoms with Gasteiger partial charge in [-0.05, 0) is 46.3 Å². The standard InChI is InChI=1S/C23H20ClN3/c1-2-16-11-13-17(14-12-16)15-25-22-21-19(18-7-4-3-5-8-18)9-6-10-20(21)26-23(24)27-22/h3-14H,2,15H2,1H3,(H,25,26,27). The first kappa shape index (κ1) is 17.5. The zero-order chi connectivity index (χ0) is 18.6. The molecule has 27 heavy (non-hydrogen) atoms. The van der Waals surface area contributed by atoms with Crippen molar-refractivity contribution in [3.05, 3.63) is 89.2 Å². The number of anilines is 1. The van der Waals surface area contributed by atoms with Gasteiger partial charge in [0.05, 0.1) is 10.9 Å². The van der Waals surface area contributed by atoms with E-state index in [0.29, 0.717) is 6.54 Å². The number of hydrogen-bond acceptors (Lipinski definition) is 3. The summed E-state index contributed by atoms with van der Waals surface area (Å²) in [6, 6.07) is 25.0. The molecule has 0 bridgehead atoms. The van der Waals surface area contributed by atoms with Gasteiger partial charge in [0, 0.05) is 6.54 Å². The van der Waals surface area contributed by atoms with Crippen LogP contribution in [0.4, 0.5) is 5.82 Å². The van der Waals surface area contributed by atoms with Crippen molar-refractivity contribution >= 4 is 28.3 Å². The van der Waals surface area contributed by atoms with Crippen molar-refractivity contribution in [1.82, 2.24) is 9.97 Å². The lowest BCUT2D eigenvalue weighted by Gasteiger charge is -2.13. The molecule has 0 spiro atoms. The van der Waals surface area contributed by atoms with Crippen LogP contribution in [0.3, 0.4) is 0 Å². The number of nitrogens with one attached hydrogen (secondary N) is 1. The quantitative estimate of drug-likeness (QED) is 0.428. The van der Waals surface area contributed by atoms with Crippen LogP contribution in [0.1, 0.15) is 18.1 Å². The van der Waals surface area contributed by atoms with Gasteiger partial charge in [-0.25, -0.2) is 9.97 Å². The smallest absolute Gasteiger partial charge is 0.224 e. The van der Waals surface area contributed by atoms with Gasteiger partial charge in [0.2, 0.25) is 5.28 Å². The van der Waals surface area contributed by atoms with Crippen LogP contribution in [0.2, 0.25) is 5.28 Å². The van der Waals surface area contributed by atoms with Gasteiger partial charge in [-0.3, -0.25) is 0 Å². The lowest BCUT2D eigenvalue weighted by Crippen LogP contribution is -2.04. The average Bonchev–Trinajstić information content (AvgIpc) is 2.72. The van der Waals surface area contributed by atoms with Crippen LogP contribution in [0.15, 0.2) is 72.8 Å². The molecule has 3 aromatic carbocycles. The molecule has 0 aliphatic heterocycles. The molecule has 3 nitrogen and oxygen atoms in total. The molecule has 1 heterocycles. The second-order valence-electron chi connectivity index (χ2n) is 6.43. The molecule has 1 N–H and O–H groups in total. The highest BCUT2D eigenvalue weighted by Crippen LogP contribution is 2.33.